The molecular formula is C17H14N4O4. The third-order valence-electron chi connectivity index (χ3n) is 4.19. The van der Waals surface area contributed by atoms with Crippen molar-refractivity contribution in [1.29, 1.82) is 0 Å². The van der Waals surface area contributed by atoms with E-state index < -0.39 is 5.63 Å². The monoisotopic (exact) mass is 338 g/mol. The third kappa shape index (κ3) is 2.57. The van der Waals surface area contributed by atoms with Crippen molar-refractivity contribution in [2.45, 2.75) is 20.3 Å². The van der Waals surface area contributed by atoms with Crippen LogP contribution in [-0.2, 0) is 11.2 Å². The molecule has 0 aliphatic heterocycles. The van der Waals surface area contributed by atoms with Gasteiger partial charge in [-0.1, -0.05) is 0 Å². The number of H-pyrrole nitrogens is 1. The zero-order valence-corrected chi connectivity index (χ0v) is 13.5. The van der Waals surface area contributed by atoms with Gasteiger partial charge in [-0.15, -0.1) is 0 Å². The van der Waals surface area contributed by atoms with Gasteiger partial charge in [0.1, 0.15) is 17.5 Å². The number of nitrogens with one attached hydrogen (secondary N) is 2. The molecule has 2 N–H and O–H groups in total. The fourth-order valence-electron chi connectivity index (χ4n) is 2.84. The van der Waals surface area contributed by atoms with Gasteiger partial charge in [0.05, 0.1) is 18.2 Å². The van der Waals surface area contributed by atoms with Crippen LogP contribution < -0.4 is 10.9 Å². The highest BCUT2D eigenvalue weighted by atomic mass is 16.4. The summed E-state index contributed by atoms with van der Waals surface area (Å²) in [5.74, 6) is -0.157. The maximum Gasteiger partial charge on any atom is 0.340 e. The fraction of sp³-hybridized carbons (Fsp3) is 0.176. The Balaban J connectivity index is 1.78. The topological polar surface area (TPSA) is 114 Å². The van der Waals surface area contributed by atoms with E-state index >= 15 is 0 Å². The molecule has 0 aliphatic carbocycles. The van der Waals surface area contributed by atoms with Crippen LogP contribution in [0.5, 0.6) is 0 Å². The summed E-state index contributed by atoms with van der Waals surface area (Å²) in [4.78, 5) is 28.3. The van der Waals surface area contributed by atoms with Crippen molar-refractivity contribution in [1.82, 2.24) is 15.2 Å². The van der Waals surface area contributed by atoms with Crippen molar-refractivity contribution in [3.63, 3.8) is 0 Å². The van der Waals surface area contributed by atoms with Crippen LogP contribution in [0.2, 0.25) is 0 Å². The lowest BCUT2D eigenvalue weighted by atomic mass is 10.0. The van der Waals surface area contributed by atoms with E-state index in [-0.39, 0.29) is 18.3 Å². The van der Waals surface area contributed by atoms with Gasteiger partial charge in [-0.25, -0.2) is 9.89 Å². The van der Waals surface area contributed by atoms with Crippen molar-refractivity contribution >= 4 is 33.8 Å². The molecule has 0 atom stereocenters. The largest absolute Gasteiger partial charge is 0.464 e. The molecule has 0 unspecified atom stereocenters. The predicted molar refractivity (Wildman–Crippen MR) is 90.4 cm³/mol. The van der Waals surface area contributed by atoms with E-state index in [4.69, 9.17) is 8.83 Å². The van der Waals surface area contributed by atoms with Gasteiger partial charge in [-0.2, -0.15) is 10.1 Å². The van der Waals surface area contributed by atoms with Crippen LogP contribution in [0.1, 0.15) is 16.7 Å². The van der Waals surface area contributed by atoms with Crippen LogP contribution in [-0.4, -0.2) is 21.1 Å². The van der Waals surface area contributed by atoms with Crippen molar-refractivity contribution in [3.05, 3.63) is 51.8 Å². The highest BCUT2D eigenvalue weighted by Crippen LogP contribution is 2.28. The van der Waals surface area contributed by atoms with Crippen LogP contribution in [0, 0.1) is 13.8 Å². The van der Waals surface area contributed by atoms with Crippen LogP contribution in [0.4, 0.5) is 5.95 Å². The molecule has 8 nitrogen and oxygen atoms in total. The van der Waals surface area contributed by atoms with Crippen LogP contribution >= 0.6 is 0 Å². The first-order valence-corrected chi connectivity index (χ1v) is 7.62. The summed E-state index contributed by atoms with van der Waals surface area (Å²) in [5, 5.41) is 10.4. The van der Waals surface area contributed by atoms with Gasteiger partial charge in [0.15, 0.2) is 0 Å². The zero-order valence-electron chi connectivity index (χ0n) is 13.5. The Labute approximate surface area is 140 Å². The number of benzene rings is 1. The van der Waals surface area contributed by atoms with Crippen LogP contribution in [0.15, 0.2) is 38.4 Å². The molecule has 0 radical (unpaired) electrons. The fourth-order valence-corrected chi connectivity index (χ4v) is 2.84. The number of furan rings is 1. The Hall–Kier alpha value is -3.42. The quantitative estimate of drug-likeness (QED) is 0.555. The lowest BCUT2D eigenvalue weighted by Crippen LogP contribution is -2.21. The van der Waals surface area contributed by atoms with Gasteiger partial charge in [-0.05, 0) is 31.0 Å². The number of aromatic amines is 1. The minimum Gasteiger partial charge on any atom is -0.464 e. The molecule has 0 spiro atoms. The van der Waals surface area contributed by atoms with Crippen LogP contribution in [0.25, 0.3) is 21.9 Å². The molecule has 25 heavy (non-hydrogen) atoms. The number of rotatable bonds is 3. The minimum absolute atomic E-state index is 0.118. The molecule has 3 heterocycles. The summed E-state index contributed by atoms with van der Waals surface area (Å²) in [6, 6.07) is 3.62. The molecule has 8 heteroatoms. The highest BCUT2D eigenvalue weighted by molar-refractivity contribution is 5.97. The maximum atomic E-state index is 12.3. The van der Waals surface area contributed by atoms with Crippen molar-refractivity contribution in [2.75, 3.05) is 5.32 Å². The lowest BCUT2D eigenvalue weighted by Gasteiger charge is -2.08. The van der Waals surface area contributed by atoms with Crippen molar-refractivity contribution in [3.8, 4) is 0 Å². The van der Waals surface area contributed by atoms with Crippen LogP contribution in [0.3, 0.4) is 0 Å². The lowest BCUT2D eigenvalue weighted by molar-refractivity contribution is -0.115. The zero-order chi connectivity index (χ0) is 17.6. The Bertz CT molecular complexity index is 1160. The number of aromatic nitrogens is 3. The highest BCUT2D eigenvalue weighted by Gasteiger charge is 2.17. The predicted octanol–water partition coefficient (Wildman–Crippen LogP) is 2.46. The van der Waals surface area contributed by atoms with Gasteiger partial charge in [0, 0.05) is 16.8 Å². The van der Waals surface area contributed by atoms with Gasteiger partial charge >= 0.3 is 5.63 Å². The number of carbonyl (C=O) groups is 1. The number of carbonyl (C=O) groups excluding carboxylic acids is 1. The molecule has 126 valence electrons. The number of hydrogen-bond acceptors (Lipinski definition) is 6. The number of nitrogens with zero attached hydrogens (tertiary/aromatic N) is 2. The van der Waals surface area contributed by atoms with Gasteiger partial charge in [0.2, 0.25) is 11.9 Å². The van der Waals surface area contributed by atoms with Gasteiger partial charge in [-0.3, -0.25) is 10.1 Å². The Morgan fingerprint density at radius 2 is 2.08 bits per heavy atom. The first-order chi connectivity index (χ1) is 12.0. The van der Waals surface area contributed by atoms with Crippen molar-refractivity contribution < 1.29 is 13.6 Å². The molecule has 0 fully saturated rings. The van der Waals surface area contributed by atoms with E-state index in [1.54, 1.807) is 19.3 Å². The number of hydrogen-bond donors (Lipinski definition) is 2. The molecule has 4 rings (SSSR count). The van der Waals surface area contributed by atoms with E-state index in [9.17, 15) is 9.59 Å². The summed E-state index contributed by atoms with van der Waals surface area (Å²) in [7, 11) is 0. The molecule has 0 saturated heterocycles. The van der Waals surface area contributed by atoms with E-state index in [2.05, 4.69) is 20.5 Å². The van der Waals surface area contributed by atoms with Gasteiger partial charge in [0.25, 0.3) is 0 Å². The summed E-state index contributed by atoms with van der Waals surface area (Å²) >= 11 is 0. The summed E-state index contributed by atoms with van der Waals surface area (Å²) in [6.45, 7) is 3.75. The standard InChI is InChI=1S/C17H14N4O4/c1-8-6-24-13-5-14-11(3-10(8)13)9(2)12(16(23)25-14)4-15(22)20-17-18-7-19-21-17/h3,5-7H,4H2,1-2H3,(H2,18,19,20,21,22). The number of amides is 1. The molecule has 4 aromatic rings. The molecule has 0 bridgehead atoms. The Morgan fingerprint density at radius 3 is 2.84 bits per heavy atom. The second-order valence-electron chi connectivity index (χ2n) is 5.82. The molecule has 3 aromatic heterocycles. The Morgan fingerprint density at radius 1 is 1.24 bits per heavy atom. The van der Waals surface area contributed by atoms with Gasteiger partial charge < -0.3 is 8.83 Å². The number of aryl methyl sites for hydroxylation is 2. The Kier molecular flexibility index (Phi) is 3.38. The summed E-state index contributed by atoms with van der Waals surface area (Å²) in [5.41, 5.74) is 2.56. The van der Waals surface area contributed by atoms with Crippen molar-refractivity contribution in [2.24, 2.45) is 0 Å². The van der Waals surface area contributed by atoms with E-state index in [0.29, 0.717) is 22.3 Å². The first-order valence-electron chi connectivity index (χ1n) is 7.62. The second kappa shape index (κ2) is 5.59. The van der Waals surface area contributed by atoms with E-state index in [0.717, 1.165) is 16.3 Å². The van der Waals surface area contributed by atoms with E-state index in [1.165, 1.54) is 6.33 Å². The SMILES string of the molecule is Cc1coc2cc3oc(=O)c(CC(=O)Nc4ncn[nH]4)c(C)c3cc12. The molecule has 0 aliphatic rings. The minimum atomic E-state index is -0.541. The normalized spacial score (nSPS) is 11.3. The second-order valence-corrected chi connectivity index (χ2v) is 5.82. The average Bonchev–Trinajstić information content (AvgIpc) is 3.20. The molecule has 0 saturated carbocycles. The van der Waals surface area contributed by atoms with E-state index in [1.807, 2.05) is 13.0 Å². The number of fused-ring (bicyclic) bond motifs is 2. The summed E-state index contributed by atoms with van der Waals surface area (Å²) < 4.78 is 10.8. The molecular weight excluding hydrogens is 324 g/mol. The first kappa shape index (κ1) is 15.1. The summed E-state index contributed by atoms with van der Waals surface area (Å²) in [6.07, 6.45) is 2.82. The third-order valence-corrected chi connectivity index (χ3v) is 4.19. The maximum absolute atomic E-state index is 12.3. The number of anilines is 1. The molecule has 1 aromatic carbocycles. The smallest absolute Gasteiger partial charge is 0.340 e. The average molecular weight is 338 g/mol. The molecule has 1 amide bonds.